The highest BCUT2D eigenvalue weighted by molar-refractivity contribution is 6.31. The van der Waals surface area contributed by atoms with Gasteiger partial charge in [-0.15, -0.1) is 0 Å². The molecule has 0 spiro atoms. The second kappa shape index (κ2) is 11.2. The van der Waals surface area contributed by atoms with Gasteiger partial charge in [0.2, 0.25) is 0 Å². The molecule has 38 heavy (non-hydrogen) atoms. The molecule has 1 aromatic heterocycles. The van der Waals surface area contributed by atoms with Gasteiger partial charge in [-0.25, -0.2) is 14.8 Å². The molecular weight excluding hydrogens is 514 g/mol. The molecule has 3 fully saturated rings. The first-order valence-corrected chi connectivity index (χ1v) is 12.6. The molecule has 0 radical (unpaired) electrons. The van der Waals surface area contributed by atoms with E-state index in [2.05, 4.69) is 25.9 Å². The Morgan fingerprint density at radius 2 is 1.82 bits per heavy atom. The van der Waals surface area contributed by atoms with Crippen LogP contribution in [0.1, 0.15) is 28.9 Å². The minimum atomic E-state index is -1.09. The number of carbonyl (C=O) groups excluding carboxylic acids is 2. The molecule has 3 aliphatic rings. The number of hydrogen-bond acceptors (Lipinski definition) is 8. The zero-order valence-corrected chi connectivity index (χ0v) is 21.4. The van der Waals surface area contributed by atoms with Crippen molar-refractivity contribution in [3.05, 3.63) is 46.7 Å². The van der Waals surface area contributed by atoms with Crippen LogP contribution in [0, 0.1) is 11.3 Å². The van der Waals surface area contributed by atoms with Gasteiger partial charge in [-0.2, -0.15) is 0 Å². The summed E-state index contributed by atoms with van der Waals surface area (Å²) in [5.41, 5.74) is 11.8. The van der Waals surface area contributed by atoms with E-state index < -0.39 is 17.9 Å². The predicted octanol–water partition coefficient (Wildman–Crippen LogP) is -0.0303. The first-order chi connectivity index (χ1) is 18.0. The van der Waals surface area contributed by atoms with Gasteiger partial charge in [0.05, 0.1) is 25.7 Å². The molecule has 1 aromatic carbocycles. The van der Waals surface area contributed by atoms with Gasteiger partial charge < -0.3 is 31.7 Å². The quantitative estimate of drug-likeness (QED) is 0.135. The number of amides is 2. The molecule has 9 N–H and O–H groups in total. The molecular formula is C24H31ClN9O4+. The fourth-order valence-electron chi connectivity index (χ4n) is 5.27. The Hall–Kier alpha value is -3.97. The second-order valence-electron chi connectivity index (χ2n) is 9.83. The molecule has 14 heteroatoms. The van der Waals surface area contributed by atoms with Crippen LogP contribution in [0.4, 0.5) is 11.6 Å². The lowest BCUT2D eigenvalue weighted by molar-refractivity contribution is -0.936. The van der Waals surface area contributed by atoms with Crippen LogP contribution >= 0.6 is 11.6 Å². The average molecular weight is 545 g/mol. The fraction of sp³-hybridized carbons (Fsp3) is 0.417. The number of benzene rings is 1. The van der Waals surface area contributed by atoms with E-state index in [1.165, 1.54) is 0 Å². The number of nitrogens with two attached hydrogens (primary N) is 2. The molecule has 2 atom stereocenters. The number of guanidine groups is 1. The van der Waals surface area contributed by atoms with Crippen LogP contribution in [0.15, 0.2) is 30.3 Å². The van der Waals surface area contributed by atoms with Gasteiger partial charge >= 0.3 is 5.97 Å². The van der Waals surface area contributed by atoms with Crippen molar-refractivity contribution in [2.45, 2.75) is 31.3 Å². The lowest BCUT2D eigenvalue weighted by atomic mass is 9.81. The van der Waals surface area contributed by atoms with Crippen molar-refractivity contribution in [2.75, 3.05) is 37.6 Å². The maximum absolute atomic E-state index is 13.0. The third kappa shape index (κ3) is 6.29. The van der Waals surface area contributed by atoms with E-state index in [4.69, 9.17) is 28.5 Å². The molecule has 13 nitrogen and oxygen atoms in total. The summed E-state index contributed by atoms with van der Waals surface area (Å²) in [6, 6.07) is 7.97. The summed E-state index contributed by atoms with van der Waals surface area (Å²) in [5, 5.41) is 25.9. The number of piperidine rings is 3. The smallest absolute Gasteiger partial charge is 0.326 e. The molecule has 2 amide bonds. The number of carbonyl (C=O) groups is 3. The third-order valence-electron chi connectivity index (χ3n) is 7.18. The molecule has 0 saturated carbocycles. The second-order valence-corrected chi connectivity index (χ2v) is 10.2. The number of quaternary nitrogens is 1. The highest BCUT2D eigenvalue weighted by atomic mass is 35.5. The Labute approximate surface area is 224 Å². The molecule has 4 heterocycles. The minimum absolute atomic E-state index is 0.103. The number of aromatic nitrogens is 2. The van der Waals surface area contributed by atoms with E-state index in [0.29, 0.717) is 11.0 Å². The summed E-state index contributed by atoms with van der Waals surface area (Å²) >= 11 is 5.84. The first kappa shape index (κ1) is 27.1. The summed E-state index contributed by atoms with van der Waals surface area (Å²) in [7, 11) is 0. The fourth-order valence-corrected chi connectivity index (χ4v) is 5.40. The van der Waals surface area contributed by atoms with Crippen LogP contribution in [0.5, 0.6) is 0 Å². The lowest BCUT2D eigenvalue weighted by Gasteiger charge is -2.52. The molecule has 0 aliphatic carbocycles. The lowest BCUT2D eigenvalue weighted by Crippen LogP contribution is -2.69. The van der Waals surface area contributed by atoms with E-state index in [-0.39, 0.29) is 59.3 Å². The van der Waals surface area contributed by atoms with Crippen molar-refractivity contribution in [1.29, 1.82) is 5.41 Å². The van der Waals surface area contributed by atoms with Gasteiger partial charge in [0.1, 0.15) is 6.04 Å². The molecule has 2 aromatic rings. The van der Waals surface area contributed by atoms with Crippen molar-refractivity contribution >= 4 is 47.0 Å². The van der Waals surface area contributed by atoms with E-state index in [1.54, 1.807) is 0 Å². The summed E-state index contributed by atoms with van der Waals surface area (Å²) in [6.07, 6.45) is 1.87. The highest BCUT2D eigenvalue weighted by Gasteiger charge is 2.47. The number of rotatable bonds is 8. The SMILES string of the molecule is N=C(NC(=O)c1nc(Cl)c(N)nc1N)NC1C[N+]2(CC(=O)NC(Cc3ccccc3)C(=O)O)CCC1CC2. The Morgan fingerprint density at radius 3 is 2.47 bits per heavy atom. The van der Waals surface area contributed by atoms with Crippen LogP contribution in [0.25, 0.3) is 0 Å². The number of hydrogen-bond donors (Lipinski definition) is 7. The number of carboxylic acids is 1. The maximum Gasteiger partial charge on any atom is 0.326 e. The molecule has 5 rings (SSSR count). The van der Waals surface area contributed by atoms with E-state index >= 15 is 0 Å². The Kier molecular flexibility index (Phi) is 7.97. The van der Waals surface area contributed by atoms with Crippen molar-refractivity contribution in [1.82, 2.24) is 25.9 Å². The van der Waals surface area contributed by atoms with Crippen molar-refractivity contribution < 1.29 is 24.0 Å². The molecule has 2 unspecified atom stereocenters. The monoisotopic (exact) mass is 544 g/mol. The van der Waals surface area contributed by atoms with Gasteiger partial charge in [0.15, 0.2) is 35.0 Å². The van der Waals surface area contributed by atoms with Crippen LogP contribution < -0.4 is 27.4 Å². The third-order valence-corrected chi connectivity index (χ3v) is 7.46. The van der Waals surface area contributed by atoms with Crippen molar-refractivity contribution in [2.24, 2.45) is 5.92 Å². The number of nitrogens with zero attached hydrogens (tertiary/aromatic N) is 3. The number of nitrogen functional groups attached to an aromatic ring is 2. The Balaban J connectivity index is 1.35. The summed E-state index contributed by atoms with van der Waals surface area (Å²) in [5.74, 6) is -2.44. The topological polar surface area (TPSA) is 209 Å². The molecule has 202 valence electrons. The number of anilines is 2. The standard InChI is InChI=1S/C24H30ClN9O4/c25-19-21(27)32-20(26)18(31-19)22(36)33-24(28)30-16-11-34(8-6-14(16)7-9-34)12-17(35)29-15(23(37)38)10-13-4-2-1-3-5-13/h1-5,14-16H,6-12H2,(H8-,26,27,28,29,30,32,33,35,36,37,38)/p+1. The predicted molar refractivity (Wildman–Crippen MR) is 140 cm³/mol. The summed E-state index contributed by atoms with van der Waals surface area (Å²) < 4.78 is 0.477. The van der Waals surface area contributed by atoms with E-state index in [1.807, 2.05) is 30.3 Å². The van der Waals surface area contributed by atoms with Crippen molar-refractivity contribution in [3.63, 3.8) is 0 Å². The van der Waals surface area contributed by atoms with E-state index in [0.717, 1.165) is 31.5 Å². The molecule has 3 aliphatic heterocycles. The average Bonchev–Trinajstić information content (AvgIpc) is 2.86. The number of aliphatic carboxylic acids is 1. The van der Waals surface area contributed by atoms with Gasteiger partial charge in [0.25, 0.3) is 11.8 Å². The van der Waals surface area contributed by atoms with Gasteiger partial charge in [-0.1, -0.05) is 41.9 Å². The van der Waals surface area contributed by atoms with Gasteiger partial charge in [-0.05, 0) is 11.5 Å². The van der Waals surface area contributed by atoms with Crippen LogP contribution in [0.2, 0.25) is 5.15 Å². The van der Waals surface area contributed by atoms with Crippen molar-refractivity contribution in [3.8, 4) is 0 Å². The first-order valence-electron chi connectivity index (χ1n) is 12.2. The zero-order valence-electron chi connectivity index (χ0n) is 20.6. The van der Waals surface area contributed by atoms with Crippen LogP contribution in [-0.4, -0.2) is 81.6 Å². The molecule has 3 saturated heterocycles. The summed E-state index contributed by atoms with van der Waals surface area (Å²) in [6.45, 7) is 2.26. The number of fused-ring (bicyclic) bond motifs is 3. The summed E-state index contributed by atoms with van der Waals surface area (Å²) in [4.78, 5) is 44.9. The Morgan fingerprint density at radius 1 is 1.13 bits per heavy atom. The highest BCUT2D eigenvalue weighted by Crippen LogP contribution is 2.33. The molecule has 2 bridgehead atoms. The number of halogens is 1. The van der Waals surface area contributed by atoms with Crippen LogP contribution in [-0.2, 0) is 16.0 Å². The minimum Gasteiger partial charge on any atom is -0.480 e. The van der Waals surface area contributed by atoms with Gasteiger partial charge in [-0.3, -0.25) is 20.3 Å². The number of carboxylic acid groups (broad SMARTS) is 1. The normalized spacial score (nSPS) is 22.8. The zero-order chi connectivity index (χ0) is 27.4. The van der Waals surface area contributed by atoms with Crippen LogP contribution in [0.3, 0.4) is 0 Å². The van der Waals surface area contributed by atoms with E-state index in [9.17, 15) is 19.5 Å². The maximum atomic E-state index is 13.0. The van der Waals surface area contributed by atoms with Gasteiger partial charge in [0, 0.05) is 19.3 Å². The number of nitrogens with one attached hydrogen (secondary N) is 4. The Bertz CT molecular complexity index is 1230. The largest absolute Gasteiger partial charge is 0.480 e.